The second-order valence-corrected chi connectivity index (χ2v) is 15.4. The van der Waals surface area contributed by atoms with E-state index in [1.165, 1.54) is 238 Å². The lowest BCUT2D eigenvalue weighted by atomic mass is 9.90. The van der Waals surface area contributed by atoms with Crippen molar-refractivity contribution in [2.24, 2.45) is 5.92 Å². The van der Waals surface area contributed by atoms with Crippen LogP contribution in [0.4, 0.5) is 0 Å². The second-order valence-electron chi connectivity index (χ2n) is 15.4. The molecule has 0 heterocycles. The molecule has 278 valence electrons. The van der Waals surface area contributed by atoms with E-state index < -0.39 is 0 Å². The molecule has 0 aliphatic heterocycles. The molecule has 2 nitrogen and oxygen atoms in total. The number of aliphatic hydroxyl groups is 1. The summed E-state index contributed by atoms with van der Waals surface area (Å²) in [6.45, 7) is 11.1. The van der Waals surface area contributed by atoms with Crippen LogP contribution < -0.4 is 0 Å². The average Bonchev–Trinajstić information content (AvgIpc) is 3.06. The SMILES string of the molecule is CCCCCCCCCCCCC(CCCCCCCCCCCC)CCCN(CCCCO)CCCCCCCCCCCC. The standard InChI is InChI=1S/C44H91NO/c1-4-7-10-13-16-19-22-25-28-31-37-44(38-32-29-26-23-20-17-14-11-8-5-2)39-36-42-45(41-34-35-43-46)40-33-30-27-24-21-18-15-12-9-6-3/h44,46H,4-43H2,1-3H3. The molecule has 0 radical (unpaired) electrons. The van der Waals surface area contributed by atoms with Crippen molar-refractivity contribution in [3.8, 4) is 0 Å². The zero-order chi connectivity index (χ0) is 33.4. The first-order valence-electron chi connectivity index (χ1n) is 22.1. The maximum absolute atomic E-state index is 9.36. The van der Waals surface area contributed by atoms with Gasteiger partial charge in [0.1, 0.15) is 0 Å². The molecule has 0 spiro atoms. The van der Waals surface area contributed by atoms with Crippen molar-refractivity contribution in [2.45, 2.75) is 252 Å². The Labute approximate surface area is 293 Å². The van der Waals surface area contributed by atoms with Crippen molar-refractivity contribution in [3.63, 3.8) is 0 Å². The number of rotatable bonds is 41. The Morgan fingerprint density at radius 1 is 0.304 bits per heavy atom. The van der Waals surface area contributed by atoms with Gasteiger partial charge in [0, 0.05) is 6.61 Å². The van der Waals surface area contributed by atoms with Crippen LogP contribution in [0.1, 0.15) is 252 Å². The van der Waals surface area contributed by atoms with E-state index in [2.05, 4.69) is 25.7 Å². The number of nitrogens with zero attached hydrogens (tertiary/aromatic N) is 1. The smallest absolute Gasteiger partial charge is 0.0431 e. The first-order valence-corrected chi connectivity index (χ1v) is 22.1. The fourth-order valence-corrected chi connectivity index (χ4v) is 7.48. The maximum atomic E-state index is 9.36. The van der Waals surface area contributed by atoms with Crippen LogP contribution in [0.3, 0.4) is 0 Å². The van der Waals surface area contributed by atoms with Crippen LogP contribution in [0.15, 0.2) is 0 Å². The van der Waals surface area contributed by atoms with Crippen LogP contribution in [0.5, 0.6) is 0 Å². The van der Waals surface area contributed by atoms with E-state index in [-0.39, 0.29) is 0 Å². The van der Waals surface area contributed by atoms with Crippen LogP contribution >= 0.6 is 0 Å². The third-order valence-electron chi connectivity index (χ3n) is 10.7. The summed E-state index contributed by atoms with van der Waals surface area (Å²) in [7, 11) is 0. The average molecular weight is 650 g/mol. The summed E-state index contributed by atoms with van der Waals surface area (Å²) >= 11 is 0. The number of hydrogen-bond acceptors (Lipinski definition) is 2. The molecule has 0 rings (SSSR count). The summed E-state index contributed by atoms with van der Waals surface area (Å²) < 4.78 is 0. The molecular formula is C44H91NO. The van der Waals surface area contributed by atoms with Gasteiger partial charge in [-0.3, -0.25) is 0 Å². The maximum Gasteiger partial charge on any atom is 0.0431 e. The minimum atomic E-state index is 0.353. The van der Waals surface area contributed by atoms with Crippen molar-refractivity contribution in [1.29, 1.82) is 0 Å². The summed E-state index contributed by atoms with van der Waals surface area (Å²) in [5.74, 6) is 0.958. The predicted molar refractivity (Wildman–Crippen MR) is 210 cm³/mol. The lowest BCUT2D eigenvalue weighted by Gasteiger charge is -2.24. The zero-order valence-electron chi connectivity index (χ0n) is 32.8. The highest BCUT2D eigenvalue weighted by Crippen LogP contribution is 2.24. The summed E-state index contributed by atoms with van der Waals surface area (Å²) in [6.07, 6.45) is 51.2. The number of unbranched alkanes of at least 4 members (excludes halogenated alkanes) is 28. The predicted octanol–water partition coefficient (Wildman–Crippen LogP) is 15.0. The van der Waals surface area contributed by atoms with Crippen molar-refractivity contribution < 1.29 is 5.11 Å². The van der Waals surface area contributed by atoms with E-state index in [4.69, 9.17) is 0 Å². The molecule has 0 atom stereocenters. The van der Waals surface area contributed by atoms with Gasteiger partial charge in [-0.15, -0.1) is 0 Å². The highest BCUT2D eigenvalue weighted by Gasteiger charge is 2.11. The molecular weight excluding hydrogens is 558 g/mol. The molecule has 0 unspecified atom stereocenters. The molecule has 0 bridgehead atoms. The molecule has 0 aliphatic carbocycles. The van der Waals surface area contributed by atoms with Gasteiger partial charge in [0.25, 0.3) is 0 Å². The van der Waals surface area contributed by atoms with Crippen molar-refractivity contribution >= 4 is 0 Å². The topological polar surface area (TPSA) is 23.5 Å². The Balaban J connectivity index is 4.38. The van der Waals surface area contributed by atoms with Crippen LogP contribution in [0.25, 0.3) is 0 Å². The minimum Gasteiger partial charge on any atom is -0.396 e. The molecule has 0 aromatic rings. The molecule has 2 heteroatoms. The van der Waals surface area contributed by atoms with Crippen LogP contribution in [-0.4, -0.2) is 36.2 Å². The highest BCUT2D eigenvalue weighted by atomic mass is 16.2. The fraction of sp³-hybridized carbons (Fsp3) is 1.00. The van der Waals surface area contributed by atoms with E-state index in [9.17, 15) is 5.11 Å². The summed E-state index contributed by atoms with van der Waals surface area (Å²) in [4.78, 5) is 2.76. The molecule has 0 aromatic carbocycles. The van der Waals surface area contributed by atoms with Crippen LogP contribution in [0, 0.1) is 5.92 Å². The van der Waals surface area contributed by atoms with Gasteiger partial charge in [-0.2, -0.15) is 0 Å². The highest BCUT2D eigenvalue weighted by molar-refractivity contribution is 4.66. The summed E-state index contributed by atoms with van der Waals surface area (Å²) in [5, 5.41) is 9.36. The number of hydrogen-bond donors (Lipinski definition) is 1. The van der Waals surface area contributed by atoms with Crippen molar-refractivity contribution in [1.82, 2.24) is 4.90 Å². The molecule has 0 fully saturated rings. The van der Waals surface area contributed by atoms with E-state index >= 15 is 0 Å². The monoisotopic (exact) mass is 650 g/mol. The van der Waals surface area contributed by atoms with Gasteiger partial charge in [0.2, 0.25) is 0 Å². The van der Waals surface area contributed by atoms with Gasteiger partial charge >= 0.3 is 0 Å². The lowest BCUT2D eigenvalue weighted by molar-refractivity contribution is 0.228. The first-order chi connectivity index (χ1) is 22.8. The molecule has 46 heavy (non-hydrogen) atoms. The molecule has 0 aliphatic rings. The summed E-state index contributed by atoms with van der Waals surface area (Å²) in [6, 6.07) is 0. The van der Waals surface area contributed by atoms with Crippen LogP contribution in [0.2, 0.25) is 0 Å². The van der Waals surface area contributed by atoms with Gasteiger partial charge in [-0.1, -0.05) is 220 Å². The second kappa shape index (κ2) is 41.1. The van der Waals surface area contributed by atoms with Crippen molar-refractivity contribution in [2.75, 3.05) is 26.2 Å². The fourth-order valence-electron chi connectivity index (χ4n) is 7.48. The molecule has 0 aromatic heterocycles. The van der Waals surface area contributed by atoms with Gasteiger partial charge < -0.3 is 10.0 Å². The molecule has 0 saturated heterocycles. The van der Waals surface area contributed by atoms with E-state index in [1.54, 1.807) is 0 Å². The van der Waals surface area contributed by atoms with Gasteiger partial charge in [-0.25, -0.2) is 0 Å². The molecule has 0 saturated carbocycles. The van der Waals surface area contributed by atoms with Gasteiger partial charge in [-0.05, 0) is 57.7 Å². The minimum absolute atomic E-state index is 0.353. The lowest BCUT2D eigenvalue weighted by Crippen LogP contribution is -2.28. The largest absolute Gasteiger partial charge is 0.396 e. The van der Waals surface area contributed by atoms with E-state index in [0.717, 1.165) is 18.8 Å². The van der Waals surface area contributed by atoms with Gasteiger partial charge in [0.15, 0.2) is 0 Å². The summed E-state index contributed by atoms with van der Waals surface area (Å²) in [5.41, 5.74) is 0. The zero-order valence-corrected chi connectivity index (χ0v) is 32.8. The number of aliphatic hydroxyl groups excluding tert-OH is 1. The van der Waals surface area contributed by atoms with Crippen molar-refractivity contribution in [3.05, 3.63) is 0 Å². The molecule has 1 N–H and O–H groups in total. The Morgan fingerprint density at radius 2 is 0.565 bits per heavy atom. The first kappa shape index (κ1) is 45.9. The normalized spacial score (nSPS) is 11.9. The quantitative estimate of drug-likeness (QED) is 0.0666. The van der Waals surface area contributed by atoms with Gasteiger partial charge in [0.05, 0.1) is 0 Å². The van der Waals surface area contributed by atoms with E-state index in [1.807, 2.05) is 0 Å². The third kappa shape index (κ3) is 36.8. The Bertz CT molecular complexity index is 498. The Hall–Kier alpha value is -0.0800. The Kier molecular flexibility index (Phi) is 41.0. The molecule has 0 amide bonds. The van der Waals surface area contributed by atoms with Crippen LogP contribution in [-0.2, 0) is 0 Å². The Morgan fingerprint density at radius 3 is 0.913 bits per heavy atom. The van der Waals surface area contributed by atoms with E-state index in [0.29, 0.717) is 6.61 Å². The third-order valence-corrected chi connectivity index (χ3v) is 10.7.